The Morgan fingerprint density at radius 1 is 1.30 bits per heavy atom. The van der Waals surface area contributed by atoms with Crippen LogP contribution in [0.4, 0.5) is 10.1 Å². The third-order valence-corrected chi connectivity index (χ3v) is 8.10. The van der Waals surface area contributed by atoms with E-state index in [4.69, 9.17) is 16.3 Å². The van der Waals surface area contributed by atoms with Crippen LogP contribution in [0.1, 0.15) is 56.3 Å². The van der Waals surface area contributed by atoms with Gasteiger partial charge < -0.3 is 9.64 Å². The molecule has 0 unspecified atom stereocenters. The van der Waals surface area contributed by atoms with Gasteiger partial charge >= 0.3 is 5.97 Å². The summed E-state index contributed by atoms with van der Waals surface area (Å²) in [4.78, 5) is 15.1. The lowest BCUT2D eigenvalue weighted by atomic mass is 9.89. The van der Waals surface area contributed by atoms with Crippen molar-refractivity contribution in [2.75, 3.05) is 25.1 Å². The van der Waals surface area contributed by atoms with Crippen LogP contribution in [0.15, 0.2) is 36.4 Å². The van der Waals surface area contributed by atoms with Gasteiger partial charge in [0.25, 0.3) is 0 Å². The Balaban J connectivity index is 1.67. The third-order valence-electron chi connectivity index (χ3n) is 6.92. The quantitative estimate of drug-likeness (QED) is 0.314. The molecule has 0 amide bonds. The van der Waals surface area contributed by atoms with Crippen LogP contribution in [-0.4, -0.2) is 26.2 Å². The normalized spacial score (nSPS) is 17.4. The summed E-state index contributed by atoms with van der Waals surface area (Å²) in [5, 5.41) is 1.10. The Labute approximate surface area is 204 Å². The fraction of sp³-hybridized carbons (Fsp3) is 0.444. The van der Waals surface area contributed by atoms with E-state index in [-0.39, 0.29) is 5.13 Å². The highest BCUT2D eigenvalue weighted by Crippen LogP contribution is 2.40. The molecule has 0 spiro atoms. The molecule has 1 aliphatic heterocycles. The number of anilines is 1. The van der Waals surface area contributed by atoms with Crippen molar-refractivity contribution in [2.24, 2.45) is 11.8 Å². The summed E-state index contributed by atoms with van der Waals surface area (Å²) in [6.45, 7) is 6.41. The summed E-state index contributed by atoms with van der Waals surface area (Å²) in [6.07, 6.45) is 6.01. The molecule has 4 rings (SSSR count). The average Bonchev–Trinajstić information content (AvgIpc) is 3.16. The zero-order valence-corrected chi connectivity index (χ0v) is 21.1. The van der Waals surface area contributed by atoms with Crippen molar-refractivity contribution in [3.8, 4) is 11.1 Å². The number of benzene rings is 2. The van der Waals surface area contributed by atoms with Crippen LogP contribution in [0.5, 0.6) is 0 Å². The smallest absolute Gasteiger partial charge is 0.339 e. The SMILES string of the molecule is CC[C@@H](C)CC[C@H]1CCCN(c2ccc(-c3c(F)sc4cc(Cl)ccc34)cc2C(=O)OC)C1. The van der Waals surface area contributed by atoms with Crippen molar-refractivity contribution in [3.05, 3.63) is 52.1 Å². The Kier molecular flexibility index (Phi) is 7.60. The number of esters is 1. The first-order valence-electron chi connectivity index (χ1n) is 11.8. The average molecular weight is 488 g/mol. The monoisotopic (exact) mass is 487 g/mol. The standard InChI is InChI=1S/C27H31ClFNO2S/c1-4-17(2)7-8-18-6-5-13-30(16-18)23-12-9-19(14-22(23)27(31)32-3)25-21-11-10-20(28)15-24(21)33-26(25)29/h9-12,14-15,17-18H,4-8,13,16H2,1-3H3/t17-,18-/m1/s1. The van der Waals surface area contributed by atoms with E-state index >= 15 is 0 Å². The van der Waals surface area contributed by atoms with Crippen molar-refractivity contribution in [3.63, 3.8) is 0 Å². The predicted octanol–water partition coefficient (Wildman–Crippen LogP) is 8.19. The number of hydrogen-bond acceptors (Lipinski definition) is 4. The van der Waals surface area contributed by atoms with Gasteiger partial charge in [0.15, 0.2) is 5.13 Å². The van der Waals surface area contributed by atoms with Crippen molar-refractivity contribution >= 4 is 44.7 Å². The number of carbonyl (C=O) groups excluding carboxylic acids is 1. The Morgan fingerprint density at radius 3 is 2.88 bits per heavy atom. The lowest BCUT2D eigenvalue weighted by Crippen LogP contribution is -2.36. The molecule has 0 radical (unpaired) electrons. The van der Waals surface area contributed by atoms with E-state index in [1.54, 1.807) is 18.2 Å². The maximum Gasteiger partial charge on any atom is 0.339 e. The minimum atomic E-state index is -0.392. The summed E-state index contributed by atoms with van der Waals surface area (Å²) in [5.41, 5.74) is 2.55. The number of nitrogens with zero attached hydrogens (tertiary/aromatic N) is 1. The molecule has 6 heteroatoms. The zero-order chi connectivity index (χ0) is 23.5. The lowest BCUT2D eigenvalue weighted by molar-refractivity contribution is 0.0601. The first-order valence-corrected chi connectivity index (χ1v) is 13.0. The van der Waals surface area contributed by atoms with E-state index in [1.807, 2.05) is 18.2 Å². The number of piperidine rings is 1. The van der Waals surface area contributed by atoms with Gasteiger partial charge in [0.1, 0.15) is 0 Å². The van der Waals surface area contributed by atoms with Crippen LogP contribution in [0.25, 0.3) is 21.2 Å². The van der Waals surface area contributed by atoms with E-state index in [1.165, 1.54) is 32.8 Å². The molecule has 0 N–H and O–H groups in total. The van der Waals surface area contributed by atoms with Gasteiger partial charge in [-0.25, -0.2) is 4.79 Å². The number of halogens is 2. The van der Waals surface area contributed by atoms with Gasteiger partial charge in [0.2, 0.25) is 0 Å². The molecule has 0 saturated carbocycles. The number of methoxy groups -OCH3 is 1. The van der Waals surface area contributed by atoms with Crippen LogP contribution in [0.2, 0.25) is 5.02 Å². The number of hydrogen-bond donors (Lipinski definition) is 0. The fourth-order valence-corrected chi connectivity index (χ4v) is 6.02. The number of thiophene rings is 1. The maximum atomic E-state index is 15.0. The van der Waals surface area contributed by atoms with Gasteiger partial charge in [-0.2, -0.15) is 4.39 Å². The van der Waals surface area contributed by atoms with Crippen LogP contribution in [0, 0.1) is 17.0 Å². The van der Waals surface area contributed by atoms with Crippen molar-refractivity contribution in [1.29, 1.82) is 0 Å². The summed E-state index contributed by atoms with van der Waals surface area (Å²) in [5.74, 6) is 0.980. The van der Waals surface area contributed by atoms with E-state index < -0.39 is 5.97 Å². The number of carbonyl (C=O) groups is 1. The van der Waals surface area contributed by atoms with Crippen molar-refractivity contribution < 1.29 is 13.9 Å². The lowest BCUT2D eigenvalue weighted by Gasteiger charge is -2.35. The van der Waals surface area contributed by atoms with E-state index in [9.17, 15) is 9.18 Å². The molecule has 3 aromatic rings. The van der Waals surface area contributed by atoms with Gasteiger partial charge in [0.05, 0.1) is 18.4 Å². The largest absolute Gasteiger partial charge is 0.465 e. The van der Waals surface area contributed by atoms with Gasteiger partial charge in [-0.15, -0.1) is 11.3 Å². The molecule has 0 bridgehead atoms. The van der Waals surface area contributed by atoms with Crippen LogP contribution < -0.4 is 4.90 Å². The second-order valence-corrected chi connectivity index (χ2v) is 10.6. The Morgan fingerprint density at radius 2 is 2.12 bits per heavy atom. The molecule has 0 aliphatic carbocycles. The molecule has 2 atom stereocenters. The zero-order valence-electron chi connectivity index (χ0n) is 19.5. The Bertz CT molecular complexity index is 1140. The molecule has 2 heterocycles. The van der Waals surface area contributed by atoms with E-state index in [0.717, 1.165) is 52.5 Å². The minimum absolute atomic E-state index is 0.279. The number of rotatable bonds is 7. The fourth-order valence-electron chi connectivity index (χ4n) is 4.79. The summed E-state index contributed by atoms with van der Waals surface area (Å²) in [6, 6.07) is 11.0. The Hall–Kier alpha value is -2.11. The minimum Gasteiger partial charge on any atom is -0.465 e. The van der Waals surface area contributed by atoms with Gasteiger partial charge in [-0.1, -0.05) is 50.4 Å². The second kappa shape index (κ2) is 10.4. The highest BCUT2D eigenvalue weighted by molar-refractivity contribution is 7.18. The molecule has 1 fully saturated rings. The highest BCUT2D eigenvalue weighted by atomic mass is 35.5. The van der Waals surface area contributed by atoms with E-state index in [2.05, 4.69) is 18.7 Å². The summed E-state index contributed by atoms with van der Waals surface area (Å²) < 4.78 is 20.9. The summed E-state index contributed by atoms with van der Waals surface area (Å²) >= 11 is 7.17. The molecule has 1 saturated heterocycles. The first kappa shape index (κ1) is 24.0. The van der Waals surface area contributed by atoms with Crippen molar-refractivity contribution in [2.45, 2.75) is 46.0 Å². The van der Waals surface area contributed by atoms with E-state index in [0.29, 0.717) is 27.6 Å². The van der Waals surface area contributed by atoms with Crippen LogP contribution >= 0.6 is 22.9 Å². The number of fused-ring (bicyclic) bond motifs is 1. The molecule has 1 aromatic heterocycles. The molecule has 2 aromatic carbocycles. The topological polar surface area (TPSA) is 29.5 Å². The summed E-state index contributed by atoms with van der Waals surface area (Å²) in [7, 11) is 1.40. The predicted molar refractivity (Wildman–Crippen MR) is 137 cm³/mol. The molecule has 3 nitrogen and oxygen atoms in total. The van der Waals surface area contributed by atoms with Gasteiger partial charge in [0, 0.05) is 33.8 Å². The molecular formula is C27H31ClFNO2S. The van der Waals surface area contributed by atoms with Crippen molar-refractivity contribution in [1.82, 2.24) is 0 Å². The maximum absolute atomic E-state index is 15.0. The third kappa shape index (κ3) is 5.20. The molecule has 176 valence electrons. The number of ether oxygens (including phenoxy) is 1. The molecule has 33 heavy (non-hydrogen) atoms. The second-order valence-electron chi connectivity index (χ2n) is 9.16. The van der Waals surface area contributed by atoms with Crippen LogP contribution in [-0.2, 0) is 4.74 Å². The first-order chi connectivity index (χ1) is 15.9. The molecule has 1 aliphatic rings. The van der Waals surface area contributed by atoms with Gasteiger partial charge in [-0.3, -0.25) is 0 Å². The highest BCUT2D eigenvalue weighted by Gasteiger charge is 2.25. The van der Waals surface area contributed by atoms with Crippen LogP contribution in [0.3, 0.4) is 0 Å². The molecular weight excluding hydrogens is 457 g/mol. The van der Waals surface area contributed by atoms with Gasteiger partial charge in [-0.05, 0) is 60.9 Å².